The van der Waals surface area contributed by atoms with Gasteiger partial charge in [0, 0.05) is 5.92 Å². The maximum absolute atomic E-state index is 11.8. The molecule has 0 heterocycles. The highest BCUT2D eigenvalue weighted by Gasteiger charge is 2.25. The lowest BCUT2D eigenvalue weighted by Crippen LogP contribution is -2.22. The van der Waals surface area contributed by atoms with Crippen molar-refractivity contribution in [3.63, 3.8) is 0 Å². The molecule has 0 radical (unpaired) electrons. The Bertz CT molecular complexity index is 353. The van der Waals surface area contributed by atoms with Gasteiger partial charge in [0.25, 0.3) is 0 Å². The second-order valence-corrected chi connectivity index (χ2v) is 4.80. The Morgan fingerprint density at radius 3 is 2.56 bits per heavy atom. The van der Waals surface area contributed by atoms with Gasteiger partial charge in [-0.2, -0.15) is 0 Å². The van der Waals surface area contributed by atoms with Crippen molar-refractivity contribution in [1.82, 2.24) is 0 Å². The molecule has 3 nitrogen and oxygen atoms in total. The van der Waals surface area contributed by atoms with E-state index in [9.17, 15) is 9.59 Å². The molecule has 3 heteroatoms. The van der Waals surface area contributed by atoms with Crippen molar-refractivity contribution >= 4 is 11.8 Å². The standard InChI is InChI=1S/C15H22O3/c1-2-3-4-5-6-7-9-12-10-8-11-13(14(12)16)15(17)18/h8,10-12H,2-7,9H2,1H3,(H,17,18). The van der Waals surface area contributed by atoms with Gasteiger partial charge in [-0.05, 0) is 12.5 Å². The lowest BCUT2D eigenvalue weighted by molar-refractivity contribution is -0.135. The zero-order valence-corrected chi connectivity index (χ0v) is 11.0. The first-order valence-electron chi connectivity index (χ1n) is 6.82. The van der Waals surface area contributed by atoms with E-state index >= 15 is 0 Å². The summed E-state index contributed by atoms with van der Waals surface area (Å²) in [5, 5.41) is 8.87. The van der Waals surface area contributed by atoms with Crippen LogP contribution in [0.1, 0.15) is 51.9 Å². The summed E-state index contributed by atoms with van der Waals surface area (Å²) in [6.45, 7) is 2.19. The molecule has 0 bridgehead atoms. The van der Waals surface area contributed by atoms with Crippen molar-refractivity contribution < 1.29 is 14.7 Å². The summed E-state index contributed by atoms with van der Waals surface area (Å²) in [5.74, 6) is -1.58. The minimum Gasteiger partial charge on any atom is -0.478 e. The third-order valence-electron chi connectivity index (χ3n) is 3.31. The van der Waals surface area contributed by atoms with Gasteiger partial charge in [-0.1, -0.05) is 57.6 Å². The number of aliphatic carboxylic acids is 1. The molecule has 0 fully saturated rings. The molecule has 1 N–H and O–H groups in total. The quantitative estimate of drug-likeness (QED) is 0.530. The Kier molecular flexibility index (Phi) is 6.40. The van der Waals surface area contributed by atoms with Gasteiger partial charge in [0.1, 0.15) is 5.57 Å². The first-order chi connectivity index (χ1) is 8.66. The van der Waals surface area contributed by atoms with Crippen molar-refractivity contribution in [3.05, 3.63) is 23.8 Å². The number of hydrogen-bond acceptors (Lipinski definition) is 2. The Morgan fingerprint density at radius 2 is 1.89 bits per heavy atom. The Balaban J connectivity index is 2.28. The predicted molar refractivity (Wildman–Crippen MR) is 71.3 cm³/mol. The van der Waals surface area contributed by atoms with Crippen molar-refractivity contribution in [3.8, 4) is 0 Å². The van der Waals surface area contributed by atoms with Gasteiger partial charge >= 0.3 is 5.97 Å². The molecule has 0 saturated heterocycles. The molecular weight excluding hydrogens is 228 g/mol. The Hall–Kier alpha value is -1.38. The molecule has 0 aliphatic heterocycles. The summed E-state index contributed by atoms with van der Waals surface area (Å²) in [7, 11) is 0. The number of carbonyl (C=O) groups is 2. The lowest BCUT2D eigenvalue weighted by Gasteiger charge is -2.14. The van der Waals surface area contributed by atoms with Gasteiger partial charge in [0.05, 0.1) is 0 Å². The summed E-state index contributed by atoms with van der Waals surface area (Å²) in [6, 6.07) is 0. The number of carboxylic acid groups (broad SMARTS) is 1. The van der Waals surface area contributed by atoms with E-state index in [1.807, 2.05) is 6.08 Å². The van der Waals surface area contributed by atoms with E-state index in [0.717, 1.165) is 19.3 Å². The number of carboxylic acids is 1. The molecule has 100 valence electrons. The number of ketones is 1. The van der Waals surface area contributed by atoms with Crippen LogP contribution in [0.3, 0.4) is 0 Å². The number of hydrogen-bond donors (Lipinski definition) is 1. The highest BCUT2D eigenvalue weighted by Crippen LogP contribution is 2.21. The third kappa shape index (κ3) is 4.47. The van der Waals surface area contributed by atoms with E-state index in [0.29, 0.717) is 0 Å². The number of unbranched alkanes of at least 4 members (excludes halogenated alkanes) is 5. The van der Waals surface area contributed by atoms with Crippen LogP contribution in [0.4, 0.5) is 0 Å². The summed E-state index contributed by atoms with van der Waals surface area (Å²) in [6.07, 6.45) is 12.8. The molecule has 0 aromatic rings. The van der Waals surface area contributed by atoms with Crippen LogP contribution in [-0.2, 0) is 9.59 Å². The molecule has 0 spiro atoms. The summed E-state index contributed by atoms with van der Waals surface area (Å²) < 4.78 is 0. The molecule has 1 aliphatic carbocycles. The fraction of sp³-hybridized carbons (Fsp3) is 0.600. The predicted octanol–water partition coefficient (Wildman–Crippen LogP) is 3.50. The van der Waals surface area contributed by atoms with Crippen LogP contribution in [0, 0.1) is 5.92 Å². The van der Waals surface area contributed by atoms with E-state index < -0.39 is 5.97 Å². The van der Waals surface area contributed by atoms with E-state index in [1.165, 1.54) is 31.8 Å². The van der Waals surface area contributed by atoms with Crippen LogP contribution in [0.25, 0.3) is 0 Å². The fourth-order valence-corrected chi connectivity index (χ4v) is 2.20. The Labute approximate surface area is 109 Å². The first-order valence-corrected chi connectivity index (χ1v) is 6.82. The van der Waals surface area contributed by atoms with Crippen molar-refractivity contribution in [2.45, 2.75) is 51.9 Å². The van der Waals surface area contributed by atoms with E-state index in [2.05, 4.69) is 6.92 Å². The van der Waals surface area contributed by atoms with Crippen LogP contribution >= 0.6 is 0 Å². The molecule has 1 aliphatic rings. The number of Topliss-reactive ketones (excluding diaryl/α,β-unsaturated/α-hetero) is 1. The van der Waals surface area contributed by atoms with Crippen LogP contribution < -0.4 is 0 Å². The van der Waals surface area contributed by atoms with Crippen molar-refractivity contribution in [2.24, 2.45) is 5.92 Å². The van der Waals surface area contributed by atoms with Gasteiger partial charge in [-0.15, -0.1) is 0 Å². The highest BCUT2D eigenvalue weighted by atomic mass is 16.4. The number of rotatable bonds is 8. The van der Waals surface area contributed by atoms with Gasteiger partial charge < -0.3 is 5.11 Å². The van der Waals surface area contributed by atoms with Crippen LogP contribution in [0.2, 0.25) is 0 Å². The summed E-state index contributed by atoms with van der Waals surface area (Å²) >= 11 is 0. The van der Waals surface area contributed by atoms with Crippen LogP contribution in [0.15, 0.2) is 23.8 Å². The smallest absolute Gasteiger partial charge is 0.339 e. The fourth-order valence-electron chi connectivity index (χ4n) is 2.20. The second kappa shape index (κ2) is 7.85. The Morgan fingerprint density at radius 1 is 1.22 bits per heavy atom. The normalized spacial score (nSPS) is 18.8. The van der Waals surface area contributed by atoms with E-state index in [1.54, 1.807) is 6.08 Å². The van der Waals surface area contributed by atoms with Gasteiger partial charge in [-0.25, -0.2) is 4.79 Å². The van der Waals surface area contributed by atoms with Crippen LogP contribution in [-0.4, -0.2) is 16.9 Å². The van der Waals surface area contributed by atoms with Gasteiger partial charge in [-0.3, -0.25) is 4.79 Å². The maximum atomic E-state index is 11.8. The molecular formula is C15H22O3. The molecule has 1 atom stereocenters. The topological polar surface area (TPSA) is 54.4 Å². The minimum atomic E-state index is -1.11. The third-order valence-corrected chi connectivity index (χ3v) is 3.31. The van der Waals surface area contributed by atoms with Crippen LogP contribution in [0.5, 0.6) is 0 Å². The molecule has 0 aromatic heterocycles. The highest BCUT2D eigenvalue weighted by molar-refractivity contribution is 6.18. The maximum Gasteiger partial charge on any atom is 0.339 e. The van der Waals surface area contributed by atoms with Gasteiger partial charge in [0.2, 0.25) is 0 Å². The molecule has 0 saturated carbocycles. The van der Waals surface area contributed by atoms with E-state index in [-0.39, 0.29) is 17.3 Å². The van der Waals surface area contributed by atoms with E-state index in [4.69, 9.17) is 5.11 Å². The molecule has 18 heavy (non-hydrogen) atoms. The zero-order valence-electron chi connectivity index (χ0n) is 11.0. The molecule has 0 aromatic carbocycles. The molecule has 1 rings (SSSR count). The van der Waals surface area contributed by atoms with Gasteiger partial charge in [0.15, 0.2) is 5.78 Å². The summed E-state index contributed by atoms with van der Waals surface area (Å²) in [4.78, 5) is 22.7. The summed E-state index contributed by atoms with van der Waals surface area (Å²) in [5.41, 5.74) is -0.0755. The van der Waals surface area contributed by atoms with Crippen molar-refractivity contribution in [1.29, 1.82) is 0 Å². The average Bonchev–Trinajstić information content (AvgIpc) is 2.35. The lowest BCUT2D eigenvalue weighted by atomic mass is 9.88. The van der Waals surface area contributed by atoms with Crippen molar-refractivity contribution in [2.75, 3.05) is 0 Å². The average molecular weight is 250 g/mol. The largest absolute Gasteiger partial charge is 0.478 e. The minimum absolute atomic E-state index is 0.0755. The molecule has 0 amide bonds. The first kappa shape index (κ1) is 14.7. The molecule has 1 unspecified atom stereocenters. The number of carbonyl (C=O) groups excluding carboxylic acids is 1. The monoisotopic (exact) mass is 250 g/mol. The SMILES string of the molecule is CCCCCCCCC1C=CC=C(C(=O)O)C1=O. The second-order valence-electron chi connectivity index (χ2n) is 4.80. The number of allylic oxidation sites excluding steroid dienone is 3. The zero-order chi connectivity index (χ0) is 13.4.